The standard InChI is InChI=1S/C12H20N2O5/c1-19-12(5-2-6-12)7-10(16)14-8(11(17)18)3-4-9(13)15/h8H,2-7H2,1H3,(H2,13,15)(H,14,16)(H,17,18)/t8-/m0/s1. The highest BCUT2D eigenvalue weighted by atomic mass is 16.5. The van der Waals surface area contributed by atoms with E-state index in [9.17, 15) is 14.4 Å². The number of methoxy groups -OCH3 is 1. The lowest BCUT2D eigenvalue weighted by Gasteiger charge is -2.40. The predicted octanol–water partition coefficient (Wildman–Crippen LogP) is -0.219. The molecule has 4 N–H and O–H groups in total. The number of aliphatic carboxylic acids is 1. The van der Waals surface area contributed by atoms with Gasteiger partial charge in [-0.1, -0.05) is 0 Å². The van der Waals surface area contributed by atoms with Crippen molar-refractivity contribution in [2.24, 2.45) is 5.73 Å². The number of carbonyl (C=O) groups is 3. The van der Waals surface area contributed by atoms with Crippen LogP contribution in [-0.2, 0) is 19.1 Å². The molecular weight excluding hydrogens is 252 g/mol. The van der Waals surface area contributed by atoms with Crippen LogP contribution >= 0.6 is 0 Å². The summed E-state index contributed by atoms with van der Waals surface area (Å²) < 4.78 is 5.30. The van der Waals surface area contributed by atoms with Gasteiger partial charge in [0.1, 0.15) is 6.04 Å². The van der Waals surface area contributed by atoms with Gasteiger partial charge in [-0.2, -0.15) is 0 Å². The molecule has 0 aromatic rings. The summed E-state index contributed by atoms with van der Waals surface area (Å²) in [5.74, 6) is -2.14. The third kappa shape index (κ3) is 4.51. The van der Waals surface area contributed by atoms with Gasteiger partial charge in [-0.05, 0) is 25.7 Å². The summed E-state index contributed by atoms with van der Waals surface area (Å²) in [6.45, 7) is 0. The molecule has 1 fully saturated rings. The molecule has 1 rings (SSSR count). The Kier molecular flexibility index (Phi) is 5.29. The minimum absolute atomic E-state index is 0.00358. The maximum atomic E-state index is 11.8. The number of hydrogen-bond donors (Lipinski definition) is 3. The van der Waals surface area contributed by atoms with Crippen molar-refractivity contribution in [3.63, 3.8) is 0 Å². The molecule has 0 saturated heterocycles. The van der Waals surface area contributed by atoms with Crippen molar-refractivity contribution in [3.05, 3.63) is 0 Å². The number of carboxylic acid groups (broad SMARTS) is 1. The summed E-state index contributed by atoms with van der Waals surface area (Å²) >= 11 is 0. The van der Waals surface area contributed by atoms with Crippen LogP contribution in [0.25, 0.3) is 0 Å². The summed E-state index contributed by atoms with van der Waals surface area (Å²) in [6, 6.07) is -1.09. The molecule has 1 saturated carbocycles. The zero-order chi connectivity index (χ0) is 14.5. The molecule has 19 heavy (non-hydrogen) atoms. The van der Waals surface area contributed by atoms with Crippen LogP contribution in [0, 0.1) is 0 Å². The van der Waals surface area contributed by atoms with Gasteiger partial charge in [0.2, 0.25) is 11.8 Å². The highest BCUT2D eigenvalue weighted by molar-refractivity contribution is 5.84. The molecule has 1 aliphatic rings. The fourth-order valence-electron chi connectivity index (χ4n) is 2.11. The third-order valence-electron chi connectivity index (χ3n) is 3.49. The smallest absolute Gasteiger partial charge is 0.326 e. The number of carbonyl (C=O) groups excluding carboxylic acids is 2. The first kappa shape index (κ1) is 15.4. The van der Waals surface area contributed by atoms with E-state index in [4.69, 9.17) is 15.6 Å². The summed E-state index contributed by atoms with van der Waals surface area (Å²) in [7, 11) is 1.55. The van der Waals surface area contributed by atoms with Crippen molar-refractivity contribution in [3.8, 4) is 0 Å². The van der Waals surface area contributed by atoms with Crippen molar-refractivity contribution in [1.82, 2.24) is 5.32 Å². The molecule has 0 bridgehead atoms. The normalized spacial score (nSPS) is 18.2. The molecule has 108 valence electrons. The third-order valence-corrected chi connectivity index (χ3v) is 3.49. The fourth-order valence-corrected chi connectivity index (χ4v) is 2.11. The average Bonchev–Trinajstić information content (AvgIpc) is 2.28. The van der Waals surface area contributed by atoms with E-state index in [1.54, 1.807) is 7.11 Å². The largest absolute Gasteiger partial charge is 0.480 e. The second kappa shape index (κ2) is 6.51. The van der Waals surface area contributed by atoms with Gasteiger partial charge in [0.05, 0.1) is 12.0 Å². The van der Waals surface area contributed by atoms with Crippen LogP contribution in [0.4, 0.5) is 0 Å². The predicted molar refractivity (Wildman–Crippen MR) is 66.2 cm³/mol. The van der Waals surface area contributed by atoms with E-state index in [2.05, 4.69) is 5.32 Å². The molecule has 1 aliphatic carbocycles. The van der Waals surface area contributed by atoms with E-state index in [0.29, 0.717) is 0 Å². The molecule has 0 spiro atoms. The van der Waals surface area contributed by atoms with Crippen LogP contribution in [0.5, 0.6) is 0 Å². The lowest BCUT2D eigenvalue weighted by atomic mass is 9.77. The molecule has 0 unspecified atom stereocenters. The fraction of sp³-hybridized carbons (Fsp3) is 0.750. The van der Waals surface area contributed by atoms with Gasteiger partial charge in [-0.3, -0.25) is 9.59 Å². The number of ether oxygens (including phenoxy) is 1. The molecule has 0 aromatic carbocycles. The molecular formula is C12H20N2O5. The number of nitrogens with one attached hydrogen (secondary N) is 1. The van der Waals surface area contributed by atoms with Crippen LogP contribution in [0.15, 0.2) is 0 Å². The summed E-state index contributed by atoms with van der Waals surface area (Å²) in [5, 5.41) is 11.4. The van der Waals surface area contributed by atoms with Crippen LogP contribution in [-0.4, -0.2) is 41.6 Å². The highest BCUT2D eigenvalue weighted by Crippen LogP contribution is 2.37. The lowest BCUT2D eigenvalue weighted by Crippen LogP contribution is -2.48. The van der Waals surface area contributed by atoms with Gasteiger partial charge in [0.25, 0.3) is 0 Å². The minimum atomic E-state index is -1.17. The van der Waals surface area contributed by atoms with E-state index < -0.39 is 23.5 Å². The van der Waals surface area contributed by atoms with E-state index in [0.717, 1.165) is 19.3 Å². The van der Waals surface area contributed by atoms with Crippen LogP contribution in [0.3, 0.4) is 0 Å². The van der Waals surface area contributed by atoms with E-state index in [-0.39, 0.29) is 25.2 Å². The molecule has 7 nitrogen and oxygen atoms in total. The van der Waals surface area contributed by atoms with Gasteiger partial charge in [-0.15, -0.1) is 0 Å². The number of amides is 2. The number of carboxylic acids is 1. The summed E-state index contributed by atoms with van der Waals surface area (Å²) in [6.07, 6.45) is 2.67. The van der Waals surface area contributed by atoms with Crippen LogP contribution < -0.4 is 11.1 Å². The Bertz CT molecular complexity index is 360. The minimum Gasteiger partial charge on any atom is -0.480 e. The van der Waals surface area contributed by atoms with Gasteiger partial charge < -0.3 is 20.9 Å². The Morgan fingerprint density at radius 2 is 2.05 bits per heavy atom. The van der Waals surface area contributed by atoms with Crippen molar-refractivity contribution >= 4 is 17.8 Å². The quantitative estimate of drug-likeness (QED) is 0.564. The Hall–Kier alpha value is -1.63. The first-order valence-electron chi connectivity index (χ1n) is 6.24. The Morgan fingerprint density at radius 3 is 2.42 bits per heavy atom. The van der Waals surface area contributed by atoms with Crippen molar-refractivity contribution in [1.29, 1.82) is 0 Å². The second-order valence-electron chi connectivity index (χ2n) is 4.88. The monoisotopic (exact) mass is 272 g/mol. The Morgan fingerprint density at radius 1 is 1.42 bits per heavy atom. The van der Waals surface area contributed by atoms with Gasteiger partial charge in [0.15, 0.2) is 0 Å². The lowest BCUT2D eigenvalue weighted by molar-refractivity contribution is -0.145. The first-order chi connectivity index (χ1) is 8.88. The van der Waals surface area contributed by atoms with E-state index >= 15 is 0 Å². The number of rotatable bonds is 8. The van der Waals surface area contributed by atoms with E-state index in [1.165, 1.54) is 0 Å². The van der Waals surface area contributed by atoms with Crippen LogP contribution in [0.2, 0.25) is 0 Å². The molecule has 0 heterocycles. The van der Waals surface area contributed by atoms with Gasteiger partial charge in [0, 0.05) is 13.5 Å². The van der Waals surface area contributed by atoms with Crippen molar-refractivity contribution < 1.29 is 24.2 Å². The zero-order valence-corrected chi connectivity index (χ0v) is 11.0. The molecule has 1 atom stereocenters. The van der Waals surface area contributed by atoms with Crippen LogP contribution in [0.1, 0.15) is 38.5 Å². The molecule has 0 aliphatic heterocycles. The topological polar surface area (TPSA) is 119 Å². The second-order valence-corrected chi connectivity index (χ2v) is 4.88. The maximum absolute atomic E-state index is 11.8. The Labute approximate surface area is 111 Å². The molecule has 2 amide bonds. The average molecular weight is 272 g/mol. The SMILES string of the molecule is COC1(CC(=O)N[C@@H](CCC(N)=O)C(=O)O)CCC1. The Balaban J connectivity index is 2.47. The summed E-state index contributed by atoms with van der Waals surface area (Å²) in [4.78, 5) is 33.4. The highest BCUT2D eigenvalue weighted by Gasteiger charge is 2.39. The molecule has 0 radical (unpaired) electrons. The van der Waals surface area contributed by atoms with Crippen molar-refractivity contribution in [2.75, 3.05) is 7.11 Å². The first-order valence-corrected chi connectivity index (χ1v) is 6.24. The maximum Gasteiger partial charge on any atom is 0.326 e. The molecule has 0 aromatic heterocycles. The zero-order valence-electron chi connectivity index (χ0n) is 11.0. The number of primary amides is 1. The number of nitrogens with two attached hydrogens (primary N) is 1. The molecule has 7 heteroatoms. The number of hydrogen-bond acceptors (Lipinski definition) is 4. The summed E-state index contributed by atoms with van der Waals surface area (Å²) in [5.41, 5.74) is 4.51. The van der Waals surface area contributed by atoms with Gasteiger partial charge >= 0.3 is 5.97 Å². The van der Waals surface area contributed by atoms with E-state index in [1.807, 2.05) is 0 Å². The van der Waals surface area contributed by atoms with Gasteiger partial charge in [-0.25, -0.2) is 4.79 Å². The van der Waals surface area contributed by atoms with Crippen molar-refractivity contribution in [2.45, 2.75) is 50.2 Å².